The lowest BCUT2D eigenvalue weighted by atomic mass is 9.95. The maximum atomic E-state index is 13.1. The molecule has 5 rings (SSSR count). The lowest BCUT2D eigenvalue weighted by Gasteiger charge is -2.14. The summed E-state index contributed by atoms with van der Waals surface area (Å²) in [6.07, 6.45) is 1.14. The molecule has 0 fully saturated rings. The number of benzene rings is 2. The summed E-state index contributed by atoms with van der Waals surface area (Å²) in [5, 5.41) is 13.3. The largest absolute Gasteiger partial charge is 0.424 e. The van der Waals surface area contributed by atoms with E-state index >= 15 is 0 Å². The molecule has 3 N–H and O–H groups in total. The number of nitrogen functional groups attached to an aromatic ring is 1. The molecule has 0 atom stereocenters. The molecule has 3 aromatic heterocycles. The van der Waals surface area contributed by atoms with Crippen LogP contribution in [0.3, 0.4) is 0 Å². The number of aryl methyl sites for hydroxylation is 2. The second-order valence-electron chi connectivity index (χ2n) is 9.44. The third kappa shape index (κ3) is 5.25. The zero-order valence-electron chi connectivity index (χ0n) is 22.7. The Labute approximate surface area is 239 Å². The molecular weight excluding hydrogens is 540 g/mol. The number of carbonyl (C=O) groups is 1. The SMILES string of the molecule is C=CC(=O)NCc1ccc(-c2c(-c3ccc(Oc4nccc(C(F)F)n4)cc3)c3c(N)ncc(C#N)c3n2C)c(C)c1. The topological polar surface area (TPSA) is 132 Å². The van der Waals surface area contributed by atoms with Gasteiger partial charge in [-0.1, -0.05) is 36.9 Å². The average Bonchev–Trinajstić information content (AvgIpc) is 3.30. The van der Waals surface area contributed by atoms with Crippen LogP contribution in [-0.2, 0) is 18.4 Å². The van der Waals surface area contributed by atoms with Crippen molar-refractivity contribution < 1.29 is 18.3 Å². The van der Waals surface area contributed by atoms with Crippen LogP contribution in [0, 0.1) is 18.3 Å². The number of rotatable bonds is 8. The minimum absolute atomic E-state index is 0.196. The molecule has 11 heteroatoms. The van der Waals surface area contributed by atoms with Gasteiger partial charge in [-0.3, -0.25) is 4.79 Å². The van der Waals surface area contributed by atoms with Gasteiger partial charge >= 0.3 is 6.01 Å². The Bertz CT molecular complexity index is 1880. The van der Waals surface area contributed by atoms with Crippen LogP contribution in [0.25, 0.3) is 33.3 Å². The number of pyridine rings is 1. The molecule has 9 nitrogen and oxygen atoms in total. The van der Waals surface area contributed by atoms with Crippen molar-refractivity contribution in [3.63, 3.8) is 0 Å². The van der Waals surface area contributed by atoms with Crippen LogP contribution in [0.2, 0.25) is 0 Å². The molecule has 0 aliphatic rings. The first-order valence-corrected chi connectivity index (χ1v) is 12.8. The number of carbonyl (C=O) groups excluding carboxylic acids is 1. The van der Waals surface area contributed by atoms with E-state index in [0.29, 0.717) is 28.8 Å². The molecule has 0 saturated carbocycles. The Kier molecular flexibility index (Phi) is 7.62. The second kappa shape index (κ2) is 11.5. The molecule has 2 aromatic carbocycles. The first kappa shape index (κ1) is 27.9. The van der Waals surface area contributed by atoms with Crippen molar-refractivity contribution in [1.82, 2.24) is 24.8 Å². The first-order valence-electron chi connectivity index (χ1n) is 12.8. The Hall–Kier alpha value is -5.63. The number of halogens is 2. The predicted molar refractivity (Wildman–Crippen MR) is 155 cm³/mol. The molecule has 0 aliphatic carbocycles. The third-order valence-corrected chi connectivity index (χ3v) is 6.79. The van der Waals surface area contributed by atoms with Gasteiger partial charge in [0.05, 0.1) is 22.2 Å². The summed E-state index contributed by atoms with van der Waals surface area (Å²) >= 11 is 0. The smallest absolute Gasteiger partial charge is 0.322 e. The van der Waals surface area contributed by atoms with Gasteiger partial charge in [-0.15, -0.1) is 0 Å². The van der Waals surface area contributed by atoms with Gasteiger partial charge in [0.15, 0.2) is 0 Å². The van der Waals surface area contributed by atoms with E-state index in [1.807, 2.05) is 36.7 Å². The number of nitrogens with zero attached hydrogens (tertiary/aromatic N) is 5. The van der Waals surface area contributed by atoms with E-state index in [2.05, 4.69) is 32.9 Å². The highest BCUT2D eigenvalue weighted by Crippen LogP contribution is 2.44. The summed E-state index contributed by atoms with van der Waals surface area (Å²) in [5.41, 5.74) is 12.0. The number of alkyl halides is 2. The monoisotopic (exact) mass is 565 g/mol. The second-order valence-corrected chi connectivity index (χ2v) is 9.44. The highest BCUT2D eigenvalue weighted by atomic mass is 19.3. The highest BCUT2D eigenvalue weighted by molar-refractivity contribution is 6.11. The standard InChI is InChI=1S/C31H25F2N7O2/c1-4-24(41)37-15-18-5-10-22(17(2)13-18)28-25(26-27(40(28)3)20(14-34)16-38-30(26)35)19-6-8-21(9-7-19)42-31-36-12-11-23(39-31)29(32)33/h4-13,16,29H,1,15H2,2-3H3,(H2,35,38)(H,37,41). The molecule has 0 unspecified atom stereocenters. The Morgan fingerprint density at radius 1 is 1.21 bits per heavy atom. The molecule has 210 valence electrons. The molecule has 0 bridgehead atoms. The molecule has 42 heavy (non-hydrogen) atoms. The quantitative estimate of drug-likeness (QED) is 0.221. The number of hydrogen-bond acceptors (Lipinski definition) is 7. The average molecular weight is 566 g/mol. The van der Waals surface area contributed by atoms with Crippen molar-refractivity contribution in [2.75, 3.05) is 5.73 Å². The van der Waals surface area contributed by atoms with Gasteiger partial charge in [-0.25, -0.2) is 18.7 Å². The van der Waals surface area contributed by atoms with Crippen molar-refractivity contribution >= 4 is 22.6 Å². The molecule has 0 saturated heterocycles. The number of fused-ring (bicyclic) bond motifs is 1. The first-order chi connectivity index (χ1) is 20.2. The van der Waals surface area contributed by atoms with E-state index in [1.165, 1.54) is 18.5 Å². The van der Waals surface area contributed by atoms with Gasteiger partial charge in [0.25, 0.3) is 6.43 Å². The zero-order valence-corrected chi connectivity index (χ0v) is 22.7. The summed E-state index contributed by atoms with van der Waals surface area (Å²) < 4.78 is 33.7. The number of nitriles is 1. The lowest BCUT2D eigenvalue weighted by molar-refractivity contribution is -0.116. The summed E-state index contributed by atoms with van der Waals surface area (Å²) in [4.78, 5) is 23.6. The maximum Gasteiger partial charge on any atom is 0.322 e. The fourth-order valence-corrected chi connectivity index (χ4v) is 4.87. The van der Waals surface area contributed by atoms with E-state index in [9.17, 15) is 18.8 Å². The molecule has 3 heterocycles. The van der Waals surface area contributed by atoms with Crippen molar-refractivity contribution in [3.8, 4) is 40.2 Å². The fraction of sp³-hybridized carbons (Fsp3) is 0.129. The molecular formula is C31H25F2N7O2. The molecule has 5 aromatic rings. The lowest BCUT2D eigenvalue weighted by Crippen LogP contribution is -2.19. The van der Waals surface area contributed by atoms with E-state index in [4.69, 9.17) is 10.5 Å². The van der Waals surface area contributed by atoms with Crippen molar-refractivity contribution in [2.45, 2.75) is 19.9 Å². The van der Waals surface area contributed by atoms with Crippen LogP contribution in [-0.4, -0.2) is 25.4 Å². The summed E-state index contributed by atoms with van der Waals surface area (Å²) in [6.45, 7) is 5.78. The van der Waals surface area contributed by atoms with Crippen molar-refractivity contribution in [2.24, 2.45) is 7.05 Å². The van der Waals surface area contributed by atoms with Crippen molar-refractivity contribution in [3.05, 3.63) is 96.0 Å². The van der Waals surface area contributed by atoms with Gasteiger partial charge in [-0.05, 0) is 47.9 Å². The summed E-state index contributed by atoms with van der Waals surface area (Å²) in [5.74, 6) is 0.345. The number of anilines is 1. The molecule has 0 aliphatic heterocycles. The van der Waals surface area contributed by atoms with Gasteiger partial charge in [-0.2, -0.15) is 10.2 Å². The van der Waals surface area contributed by atoms with Gasteiger partial charge in [0, 0.05) is 37.1 Å². The van der Waals surface area contributed by atoms with Crippen LogP contribution in [0.4, 0.5) is 14.6 Å². The summed E-state index contributed by atoms with van der Waals surface area (Å²) in [7, 11) is 1.87. The minimum Gasteiger partial charge on any atom is -0.424 e. The number of nitrogens with one attached hydrogen (secondary N) is 1. The Morgan fingerprint density at radius 3 is 2.64 bits per heavy atom. The van der Waals surface area contributed by atoms with Gasteiger partial charge in [0.2, 0.25) is 5.91 Å². The maximum absolute atomic E-state index is 13.1. The highest BCUT2D eigenvalue weighted by Gasteiger charge is 2.24. The van der Waals surface area contributed by atoms with E-state index in [1.54, 1.807) is 24.3 Å². The number of hydrogen-bond donors (Lipinski definition) is 2. The molecule has 0 radical (unpaired) electrons. The summed E-state index contributed by atoms with van der Waals surface area (Å²) in [6, 6.07) is 16.0. The van der Waals surface area contributed by atoms with Crippen LogP contribution >= 0.6 is 0 Å². The fourth-order valence-electron chi connectivity index (χ4n) is 4.87. The minimum atomic E-state index is -2.75. The predicted octanol–water partition coefficient (Wildman–Crippen LogP) is 5.99. The van der Waals surface area contributed by atoms with Crippen LogP contribution in [0.5, 0.6) is 11.8 Å². The number of ether oxygens (including phenoxy) is 1. The zero-order chi connectivity index (χ0) is 30.0. The van der Waals surface area contributed by atoms with Gasteiger partial charge in [0.1, 0.15) is 23.3 Å². The van der Waals surface area contributed by atoms with Crippen LogP contribution in [0.15, 0.2) is 73.6 Å². The number of aromatic nitrogens is 4. The van der Waals surface area contributed by atoms with Crippen LogP contribution in [0.1, 0.15) is 28.8 Å². The van der Waals surface area contributed by atoms with Crippen molar-refractivity contribution in [1.29, 1.82) is 5.26 Å². The van der Waals surface area contributed by atoms with E-state index in [0.717, 1.165) is 39.6 Å². The molecule has 1 amide bonds. The van der Waals surface area contributed by atoms with E-state index < -0.39 is 12.1 Å². The molecule has 0 spiro atoms. The normalized spacial score (nSPS) is 11.0. The van der Waals surface area contributed by atoms with Crippen LogP contribution < -0.4 is 15.8 Å². The van der Waals surface area contributed by atoms with Gasteiger partial charge < -0.3 is 20.4 Å². The third-order valence-electron chi connectivity index (χ3n) is 6.79. The Morgan fingerprint density at radius 2 is 1.98 bits per heavy atom. The number of nitrogens with two attached hydrogens (primary N) is 1. The number of amides is 1. The van der Waals surface area contributed by atoms with E-state index in [-0.39, 0.29) is 17.7 Å². The Balaban J connectivity index is 1.62.